The fourth-order valence-electron chi connectivity index (χ4n) is 2.19. The number of anilines is 1. The van der Waals surface area contributed by atoms with Crippen LogP contribution in [0.15, 0.2) is 36.5 Å². The third-order valence-corrected chi connectivity index (χ3v) is 3.17. The molecule has 2 aromatic rings. The van der Waals surface area contributed by atoms with E-state index in [9.17, 15) is 4.79 Å². The summed E-state index contributed by atoms with van der Waals surface area (Å²) in [5.74, 6) is 0.551. The van der Waals surface area contributed by atoms with E-state index >= 15 is 0 Å². The molecule has 0 fully saturated rings. The molecule has 0 atom stereocenters. The van der Waals surface area contributed by atoms with Crippen molar-refractivity contribution in [2.75, 3.05) is 12.4 Å². The van der Waals surface area contributed by atoms with Crippen LogP contribution in [0, 0.1) is 0 Å². The molecule has 0 saturated carbocycles. The van der Waals surface area contributed by atoms with Crippen LogP contribution in [0.1, 0.15) is 21.6 Å². The minimum Gasteiger partial charge on any atom is -0.357 e. The van der Waals surface area contributed by atoms with Crippen LogP contribution < -0.4 is 5.32 Å². The number of carbonyl (C=O) groups excluding carboxylic acids is 1. The van der Waals surface area contributed by atoms with Gasteiger partial charge in [-0.1, -0.05) is 30.3 Å². The first-order chi connectivity index (χ1) is 9.28. The molecular formula is C14H14N4O. The van der Waals surface area contributed by atoms with Gasteiger partial charge in [-0.2, -0.15) is 0 Å². The maximum atomic E-state index is 12.2. The van der Waals surface area contributed by atoms with Gasteiger partial charge in [0.15, 0.2) is 0 Å². The lowest BCUT2D eigenvalue weighted by molar-refractivity contribution is 0.0766. The molecule has 5 heteroatoms. The molecule has 1 aliphatic heterocycles. The number of aromatic nitrogens is 2. The Bertz CT molecular complexity index is 612. The Kier molecular flexibility index (Phi) is 2.87. The standard InChI is InChI=1S/C14H14N4O/c1-15-14-16-7-11-12(17-14)9-18(13(11)19)8-10-5-3-2-4-6-10/h2-7H,8-9H2,1H3,(H,15,16,17). The van der Waals surface area contributed by atoms with Crippen LogP contribution in [0.25, 0.3) is 0 Å². The summed E-state index contributed by atoms with van der Waals surface area (Å²) in [6, 6.07) is 9.94. The predicted octanol–water partition coefficient (Wildman–Crippen LogP) is 1.67. The fraction of sp³-hybridized carbons (Fsp3) is 0.214. The Hall–Kier alpha value is -2.43. The quantitative estimate of drug-likeness (QED) is 0.905. The Morgan fingerprint density at radius 2 is 2.11 bits per heavy atom. The topological polar surface area (TPSA) is 58.1 Å². The Morgan fingerprint density at radius 3 is 2.84 bits per heavy atom. The first-order valence-electron chi connectivity index (χ1n) is 6.15. The van der Waals surface area contributed by atoms with E-state index in [0.29, 0.717) is 24.6 Å². The third kappa shape index (κ3) is 2.14. The van der Waals surface area contributed by atoms with Gasteiger partial charge in [-0.15, -0.1) is 0 Å². The smallest absolute Gasteiger partial charge is 0.258 e. The Balaban J connectivity index is 1.83. The summed E-state index contributed by atoms with van der Waals surface area (Å²) in [5, 5.41) is 2.88. The van der Waals surface area contributed by atoms with Crippen molar-refractivity contribution in [3.05, 3.63) is 53.3 Å². The van der Waals surface area contributed by atoms with Gasteiger partial charge in [0, 0.05) is 19.8 Å². The molecule has 1 amide bonds. The first kappa shape index (κ1) is 11.6. The van der Waals surface area contributed by atoms with Crippen molar-refractivity contribution < 1.29 is 4.79 Å². The molecule has 1 aromatic carbocycles. The van der Waals surface area contributed by atoms with Crippen molar-refractivity contribution in [2.45, 2.75) is 13.1 Å². The molecular weight excluding hydrogens is 240 g/mol. The average Bonchev–Trinajstić information content (AvgIpc) is 2.76. The van der Waals surface area contributed by atoms with Gasteiger partial charge in [0.2, 0.25) is 5.95 Å². The molecule has 0 aliphatic carbocycles. The number of nitrogens with one attached hydrogen (secondary N) is 1. The van der Waals surface area contributed by atoms with Crippen LogP contribution in [0.4, 0.5) is 5.95 Å². The zero-order valence-corrected chi connectivity index (χ0v) is 10.6. The summed E-state index contributed by atoms with van der Waals surface area (Å²) in [6.07, 6.45) is 1.60. The zero-order chi connectivity index (χ0) is 13.2. The zero-order valence-electron chi connectivity index (χ0n) is 10.6. The molecule has 0 bridgehead atoms. The van der Waals surface area contributed by atoms with E-state index in [0.717, 1.165) is 11.3 Å². The summed E-state index contributed by atoms with van der Waals surface area (Å²) in [7, 11) is 1.76. The van der Waals surface area contributed by atoms with Crippen LogP contribution in [0.5, 0.6) is 0 Å². The molecule has 2 heterocycles. The van der Waals surface area contributed by atoms with Crippen molar-refractivity contribution in [3.63, 3.8) is 0 Å². The number of hydrogen-bond donors (Lipinski definition) is 1. The van der Waals surface area contributed by atoms with Gasteiger partial charge in [0.25, 0.3) is 5.91 Å². The number of fused-ring (bicyclic) bond motifs is 1. The molecule has 96 valence electrons. The Morgan fingerprint density at radius 1 is 1.32 bits per heavy atom. The molecule has 0 unspecified atom stereocenters. The molecule has 0 spiro atoms. The highest BCUT2D eigenvalue weighted by Crippen LogP contribution is 2.23. The van der Waals surface area contributed by atoms with E-state index in [2.05, 4.69) is 15.3 Å². The maximum absolute atomic E-state index is 12.2. The van der Waals surface area contributed by atoms with Crippen LogP contribution in [-0.2, 0) is 13.1 Å². The normalized spacial score (nSPS) is 13.5. The van der Waals surface area contributed by atoms with E-state index in [-0.39, 0.29) is 5.91 Å². The van der Waals surface area contributed by atoms with Crippen LogP contribution in [-0.4, -0.2) is 27.8 Å². The highest BCUT2D eigenvalue weighted by Gasteiger charge is 2.29. The van der Waals surface area contributed by atoms with Gasteiger partial charge in [0.05, 0.1) is 17.8 Å². The molecule has 0 radical (unpaired) electrons. The van der Waals surface area contributed by atoms with Gasteiger partial charge < -0.3 is 10.2 Å². The summed E-state index contributed by atoms with van der Waals surface area (Å²) in [4.78, 5) is 22.4. The number of benzene rings is 1. The van der Waals surface area contributed by atoms with Crippen LogP contribution >= 0.6 is 0 Å². The highest BCUT2D eigenvalue weighted by atomic mass is 16.2. The number of carbonyl (C=O) groups is 1. The second-order valence-electron chi connectivity index (χ2n) is 4.45. The minimum absolute atomic E-state index is 0.00139. The lowest BCUT2D eigenvalue weighted by atomic mass is 10.2. The maximum Gasteiger partial charge on any atom is 0.258 e. The molecule has 1 N–H and O–H groups in total. The average molecular weight is 254 g/mol. The van der Waals surface area contributed by atoms with E-state index in [1.807, 2.05) is 30.3 Å². The third-order valence-electron chi connectivity index (χ3n) is 3.17. The Labute approximate surface area is 111 Å². The molecule has 0 saturated heterocycles. The molecule has 1 aliphatic rings. The summed E-state index contributed by atoms with van der Waals surface area (Å²) < 4.78 is 0. The van der Waals surface area contributed by atoms with Crippen LogP contribution in [0.2, 0.25) is 0 Å². The molecule has 3 rings (SSSR count). The monoisotopic (exact) mass is 254 g/mol. The second-order valence-corrected chi connectivity index (χ2v) is 4.45. The lowest BCUT2D eigenvalue weighted by Crippen LogP contribution is -2.23. The second kappa shape index (κ2) is 4.68. The predicted molar refractivity (Wildman–Crippen MR) is 71.6 cm³/mol. The fourth-order valence-corrected chi connectivity index (χ4v) is 2.19. The summed E-state index contributed by atoms with van der Waals surface area (Å²) >= 11 is 0. The van der Waals surface area contributed by atoms with Gasteiger partial charge in [-0.05, 0) is 5.56 Å². The number of rotatable bonds is 3. The van der Waals surface area contributed by atoms with E-state index < -0.39 is 0 Å². The van der Waals surface area contributed by atoms with Crippen molar-refractivity contribution >= 4 is 11.9 Å². The van der Waals surface area contributed by atoms with Crippen molar-refractivity contribution in [2.24, 2.45) is 0 Å². The summed E-state index contributed by atoms with van der Waals surface area (Å²) in [5.41, 5.74) is 2.51. The van der Waals surface area contributed by atoms with Gasteiger partial charge >= 0.3 is 0 Å². The van der Waals surface area contributed by atoms with Gasteiger partial charge in [-0.25, -0.2) is 9.97 Å². The highest BCUT2D eigenvalue weighted by molar-refractivity contribution is 5.97. The lowest BCUT2D eigenvalue weighted by Gasteiger charge is -2.14. The van der Waals surface area contributed by atoms with Gasteiger partial charge in [-0.3, -0.25) is 4.79 Å². The van der Waals surface area contributed by atoms with Crippen molar-refractivity contribution in [1.29, 1.82) is 0 Å². The van der Waals surface area contributed by atoms with Crippen LogP contribution in [0.3, 0.4) is 0 Å². The SMILES string of the molecule is CNc1ncc2c(n1)CN(Cc1ccccc1)C2=O. The molecule has 19 heavy (non-hydrogen) atoms. The number of nitrogens with zero attached hydrogens (tertiary/aromatic N) is 3. The van der Waals surface area contributed by atoms with E-state index in [1.165, 1.54) is 0 Å². The largest absolute Gasteiger partial charge is 0.357 e. The van der Waals surface area contributed by atoms with E-state index in [4.69, 9.17) is 0 Å². The summed E-state index contributed by atoms with van der Waals surface area (Å²) in [6.45, 7) is 1.14. The molecule has 1 aromatic heterocycles. The van der Waals surface area contributed by atoms with Crippen molar-refractivity contribution in [1.82, 2.24) is 14.9 Å². The molecule has 5 nitrogen and oxygen atoms in total. The van der Waals surface area contributed by atoms with Gasteiger partial charge in [0.1, 0.15) is 0 Å². The van der Waals surface area contributed by atoms with E-state index in [1.54, 1.807) is 18.1 Å². The number of hydrogen-bond acceptors (Lipinski definition) is 4. The first-order valence-corrected chi connectivity index (χ1v) is 6.15. The number of amides is 1. The van der Waals surface area contributed by atoms with Crippen molar-refractivity contribution in [3.8, 4) is 0 Å². The minimum atomic E-state index is 0.00139.